The number of hydrogen-bond acceptors (Lipinski definition) is 4. The van der Waals surface area contributed by atoms with Crippen LogP contribution in [0.4, 0.5) is 5.82 Å². The van der Waals surface area contributed by atoms with E-state index < -0.39 is 0 Å². The van der Waals surface area contributed by atoms with Crippen LogP contribution in [0, 0.1) is 0 Å². The van der Waals surface area contributed by atoms with E-state index in [1.165, 1.54) is 94.3 Å². The molecule has 0 aromatic carbocycles. The van der Waals surface area contributed by atoms with Crippen molar-refractivity contribution >= 4 is 34.3 Å². The van der Waals surface area contributed by atoms with Gasteiger partial charge in [-0.1, -0.05) is 106 Å². The van der Waals surface area contributed by atoms with Gasteiger partial charge in [0.2, 0.25) is 0 Å². The van der Waals surface area contributed by atoms with Gasteiger partial charge in [-0.25, -0.2) is 4.98 Å². The first-order chi connectivity index (χ1) is 16.7. The second-order valence-corrected chi connectivity index (χ2v) is 11.0. The Balaban J connectivity index is 1.38. The van der Waals surface area contributed by atoms with Crippen LogP contribution in [0.25, 0.3) is 0 Å². The van der Waals surface area contributed by atoms with E-state index >= 15 is 0 Å². The van der Waals surface area contributed by atoms with Crippen LogP contribution in [0.2, 0.25) is 0 Å². The number of unbranched alkanes of at least 4 members (excludes halogenated alkanes) is 14. The summed E-state index contributed by atoms with van der Waals surface area (Å²) in [6.45, 7) is 4.87. The number of hydrogen-bond donors (Lipinski definition) is 1. The lowest BCUT2D eigenvalue weighted by molar-refractivity contribution is 0.0952. The summed E-state index contributed by atoms with van der Waals surface area (Å²) in [6.07, 6.45) is 22.2. The van der Waals surface area contributed by atoms with Crippen LogP contribution in [0.3, 0.4) is 0 Å². The van der Waals surface area contributed by atoms with Gasteiger partial charge in [-0.05, 0) is 36.4 Å². The molecule has 1 aromatic rings. The molecular weight excluding hydrogens is 535 g/mol. The number of anilines is 1. The minimum atomic E-state index is -0.00179. The highest BCUT2D eigenvalue weighted by Crippen LogP contribution is 2.15. The number of amides is 1. The molecule has 6 heteroatoms. The second-order valence-electron chi connectivity index (χ2n) is 9.94. The number of likely N-dealkylation sites (N-methyl/N-ethyl adjacent to an activating group) is 1. The molecule has 2 rings (SSSR count). The fourth-order valence-corrected chi connectivity index (χ4v) is 5.10. The Kier molecular flexibility index (Phi) is 16.7. The summed E-state index contributed by atoms with van der Waals surface area (Å²) in [7, 11) is 2.15. The summed E-state index contributed by atoms with van der Waals surface area (Å²) in [5, 5.41) is 3.05. The first kappa shape index (κ1) is 29.3. The zero-order valence-corrected chi connectivity index (χ0v) is 23.9. The number of piperazine rings is 1. The fraction of sp³-hybridized carbons (Fsp3) is 0.786. The molecule has 0 aliphatic carbocycles. The van der Waals surface area contributed by atoms with Crippen LogP contribution in [0.5, 0.6) is 0 Å². The molecule has 1 aliphatic rings. The Labute approximate surface area is 223 Å². The molecule has 0 unspecified atom stereocenters. The van der Waals surface area contributed by atoms with E-state index in [0.717, 1.165) is 45.0 Å². The summed E-state index contributed by atoms with van der Waals surface area (Å²) in [6, 6.07) is 3.89. The highest BCUT2D eigenvalue weighted by Gasteiger charge is 2.15. The van der Waals surface area contributed by atoms with E-state index in [1.807, 2.05) is 12.1 Å². The molecule has 0 spiro atoms. The third-order valence-electron chi connectivity index (χ3n) is 6.93. The summed E-state index contributed by atoms with van der Waals surface area (Å²) in [5.41, 5.74) is 0.661. The van der Waals surface area contributed by atoms with Crippen molar-refractivity contribution in [3.63, 3.8) is 0 Å². The van der Waals surface area contributed by atoms with Gasteiger partial charge in [0.1, 0.15) is 5.82 Å². The standard InChI is InChI=1S/C28H49IN4O/c1-32-21-23-33(24-22-32)27-18-17-26(25-31-27)28(34)30-20-16-14-12-10-8-6-4-2-3-5-7-9-11-13-15-19-29/h17-18,25H,2-16,19-24H2,1H3,(H,30,34). The quantitative estimate of drug-likeness (QED) is 0.110. The van der Waals surface area contributed by atoms with Gasteiger partial charge in [0, 0.05) is 38.9 Å². The molecule has 1 aromatic heterocycles. The Morgan fingerprint density at radius 1 is 0.794 bits per heavy atom. The normalized spacial score (nSPS) is 14.5. The van der Waals surface area contributed by atoms with Crippen molar-refractivity contribution in [2.45, 2.75) is 96.3 Å². The van der Waals surface area contributed by atoms with Gasteiger partial charge in [0.05, 0.1) is 5.56 Å². The van der Waals surface area contributed by atoms with Crippen molar-refractivity contribution in [3.8, 4) is 0 Å². The molecule has 0 atom stereocenters. The Morgan fingerprint density at radius 3 is 1.76 bits per heavy atom. The predicted octanol–water partition coefficient (Wildman–Crippen LogP) is 6.85. The number of alkyl halides is 1. The van der Waals surface area contributed by atoms with Gasteiger partial charge in [-0.2, -0.15) is 0 Å². The molecule has 0 bridgehead atoms. The minimum absolute atomic E-state index is 0.00179. The van der Waals surface area contributed by atoms with Crippen LogP contribution in [0.15, 0.2) is 18.3 Å². The summed E-state index contributed by atoms with van der Waals surface area (Å²) in [4.78, 5) is 21.5. The predicted molar refractivity (Wildman–Crippen MR) is 154 cm³/mol. The number of nitrogens with one attached hydrogen (secondary N) is 1. The van der Waals surface area contributed by atoms with Gasteiger partial charge < -0.3 is 15.1 Å². The smallest absolute Gasteiger partial charge is 0.252 e. The van der Waals surface area contributed by atoms with Gasteiger partial charge in [0.15, 0.2) is 0 Å². The van der Waals surface area contributed by atoms with Crippen LogP contribution < -0.4 is 10.2 Å². The molecule has 5 nitrogen and oxygen atoms in total. The summed E-state index contributed by atoms with van der Waals surface area (Å²) < 4.78 is 1.32. The monoisotopic (exact) mass is 584 g/mol. The number of halogens is 1. The molecule has 2 heterocycles. The second kappa shape index (κ2) is 19.3. The highest BCUT2D eigenvalue weighted by atomic mass is 127. The number of carbonyl (C=O) groups excluding carboxylic acids is 1. The molecule has 1 aliphatic heterocycles. The van der Waals surface area contributed by atoms with Crippen molar-refractivity contribution in [3.05, 3.63) is 23.9 Å². The topological polar surface area (TPSA) is 48.5 Å². The Hall–Kier alpha value is -0.890. The fourth-order valence-electron chi connectivity index (χ4n) is 4.56. The Morgan fingerprint density at radius 2 is 1.29 bits per heavy atom. The molecule has 0 saturated carbocycles. The van der Waals surface area contributed by atoms with Crippen LogP contribution in [-0.4, -0.2) is 60.0 Å². The first-order valence-corrected chi connectivity index (χ1v) is 15.5. The van der Waals surface area contributed by atoms with Gasteiger partial charge in [-0.3, -0.25) is 4.79 Å². The lowest BCUT2D eigenvalue weighted by Gasteiger charge is -2.33. The summed E-state index contributed by atoms with van der Waals surface area (Å²) >= 11 is 2.48. The number of pyridine rings is 1. The van der Waals surface area contributed by atoms with Gasteiger partial charge in [0.25, 0.3) is 5.91 Å². The van der Waals surface area contributed by atoms with Crippen molar-refractivity contribution in [2.24, 2.45) is 0 Å². The first-order valence-electron chi connectivity index (χ1n) is 13.9. The molecule has 1 N–H and O–H groups in total. The number of carbonyl (C=O) groups is 1. The van der Waals surface area contributed by atoms with E-state index in [4.69, 9.17) is 0 Å². The van der Waals surface area contributed by atoms with Crippen molar-refractivity contribution in [1.29, 1.82) is 0 Å². The Bertz CT molecular complexity index is 632. The maximum absolute atomic E-state index is 12.4. The molecule has 1 fully saturated rings. The molecular formula is C28H49IN4O. The third-order valence-corrected chi connectivity index (χ3v) is 7.70. The van der Waals surface area contributed by atoms with E-state index in [-0.39, 0.29) is 5.91 Å². The maximum atomic E-state index is 12.4. The SMILES string of the molecule is CN1CCN(c2ccc(C(=O)NCCCCCCCCCCCCCCCCCI)cn2)CC1. The van der Waals surface area contributed by atoms with E-state index in [0.29, 0.717) is 5.56 Å². The minimum Gasteiger partial charge on any atom is -0.354 e. The number of rotatable bonds is 19. The van der Waals surface area contributed by atoms with Gasteiger partial charge in [-0.15, -0.1) is 0 Å². The average Bonchev–Trinajstić information content (AvgIpc) is 2.86. The molecule has 1 amide bonds. The lowest BCUT2D eigenvalue weighted by atomic mass is 10.0. The van der Waals surface area contributed by atoms with Gasteiger partial charge >= 0.3 is 0 Å². The molecule has 1 saturated heterocycles. The third kappa shape index (κ3) is 13.3. The van der Waals surface area contributed by atoms with Crippen LogP contribution >= 0.6 is 22.6 Å². The van der Waals surface area contributed by atoms with Crippen molar-refractivity contribution < 1.29 is 4.79 Å². The lowest BCUT2D eigenvalue weighted by Crippen LogP contribution is -2.44. The zero-order chi connectivity index (χ0) is 24.3. The molecule has 34 heavy (non-hydrogen) atoms. The largest absolute Gasteiger partial charge is 0.354 e. The van der Waals surface area contributed by atoms with E-state index in [1.54, 1.807) is 6.20 Å². The molecule has 0 radical (unpaired) electrons. The molecule has 194 valence electrons. The van der Waals surface area contributed by atoms with Crippen LogP contribution in [0.1, 0.15) is 107 Å². The zero-order valence-electron chi connectivity index (χ0n) is 21.7. The van der Waals surface area contributed by atoms with E-state index in [9.17, 15) is 4.79 Å². The van der Waals surface area contributed by atoms with Crippen molar-refractivity contribution in [2.75, 3.05) is 49.1 Å². The van der Waals surface area contributed by atoms with Crippen LogP contribution in [-0.2, 0) is 0 Å². The number of aromatic nitrogens is 1. The summed E-state index contributed by atoms with van der Waals surface area (Å²) in [5.74, 6) is 0.972. The van der Waals surface area contributed by atoms with Crippen molar-refractivity contribution in [1.82, 2.24) is 15.2 Å². The van der Waals surface area contributed by atoms with E-state index in [2.05, 4.69) is 49.7 Å². The maximum Gasteiger partial charge on any atom is 0.252 e. The number of nitrogens with zero attached hydrogens (tertiary/aromatic N) is 3. The highest BCUT2D eigenvalue weighted by molar-refractivity contribution is 14.1. The average molecular weight is 585 g/mol.